The fraction of sp³-hybridized carbons (Fsp3) is 0.433. The van der Waals surface area contributed by atoms with Crippen LogP contribution in [0.2, 0.25) is 0 Å². The van der Waals surface area contributed by atoms with Crippen molar-refractivity contribution in [3.8, 4) is 34.3 Å². The van der Waals surface area contributed by atoms with Crippen molar-refractivity contribution in [3.05, 3.63) is 47.8 Å². The first kappa shape index (κ1) is 31.1. The molecule has 1 aromatic heterocycles. The quantitative estimate of drug-likeness (QED) is 0.275. The Morgan fingerprint density at radius 3 is 2.37 bits per heavy atom. The van der Waals surface area contributed by atoms with Crippen molar-refractivity contribution in [1.29, 1.82) is 0 Å². The van der Waals surface area contributed by atoms with Crippen molar-refractivity contribution in [2.24, 2.45) is 0 Å². The Kier molecular flexibility index (Phi) is 10.1. The van der Waals surface area contributed by atoms with Crippen LogP contribution in [0.15, 0.2) is 36.4 Å². The third-order valence-electron chi connectivity index (χ3n) is 7.16. The maximum absolute atomic E-state index is 12.9. The van der Waals surface area contributed by atoms with Gasteiger partial charge in [0.25, 0.3) is 5.91 Å². The number of amides is 3. The minimum Gasteiger partial charge on any atom is -0.508 e. The first-order chi connectivity index (χ1) is 20.6. The number of hydrogen-bond acceptors (Lipinski definition) is 9. The molecule has 1 saturated heterocycles. The Labute approximate surface area is 249 Å². The molecular weight excluding hydrogens is 556 g/mol. The van der Waals surface area contributed by atoms with E-state index in [2.05, 4.69) is 20.8 Å². The highest BCUT2D eigenvalue weighted by Crippen LogP contribution is 2.38. The molecule has 0 atom stereocenters. The van der Waals surface area contributed by atoms with E-state index >= 15 is 0 Å². The van der Waals surface area contributed by atoms with Gasteiger partial charge in [-0.25, -0.2) is 4.79 Å². The maximum Gasteiger partial charge on any atom is 0.406 e. The average Bonchev–Trinajstić information content (AvgIpc) is 3.43. The molecule has 1 aliphatic rings. The molecule has 1 fully saturated rings. The number of rotatable bonds is 10. The van der Waals surface area contributed by atoms with Crippen molar-refractivity contribution in [1.82, 2.24) is 30.3 Å². The van der Waals surface area contributed by atoms with Gasteiger partial charge in [0.15, 0.2) is 5.82 Å². The number of benzene rings is 2. The van der Waals surface area contributed by atoms with Gasteiger partial charge in [0.1, 0.15) is 30.0 Å². The number of ether oxygens (including phenoxy) is 2. The highest BCUT2D eigenvalue weighted by molar-refractivity contribution is 5.92. The van der Waals surface area contributed by atoms with Gasteiger partial charge in [-0.15, -0.1) is 10.2 Å². The summed E-state index contributed by atoms with van der Waals surface area (Å²) in [7, 11) is 1.46. The lowest BCUT2D eigenvalue weighted by Crippen LogP contribution is -2.42. The minimum atomic E-state index is -0.564. The van der Waals surface area contributed by atoms with Gasteiger partial charge in [-0.3, -0.25) is 14.2 Å². The van der Waals surface area contributed by atoms with Gasteiger partial charge < -0.3 is 35.2 Å². The topological polar surface area (TPSA) is 168 Å². The van der Waals surface area contributed by atoms with E-state index in [1.807, 2.05) is 13.8 Å². The zero-order valence-electron chi connectivity index (χ0n) is 24.8. The number of alkyl carbamates (subject to hydrolysis) is 1. The first-order valence-corrected chi connectivity index (χ1v) is 14.3. The average molecular weight is 595 g/mol. The summed E-state index contributed by atoms with van der Waals surface area (Å²) in [5.41, 5.74) is 1.52. The Morgan fingerprint density at radius 1 is 1.05 bits per heavy atom. The van der Waals surface area contributed by atoms with Crippen LogP contribution in [0, 0.1) is 0 Å². The lowest BCUT2D eigenvalue weighted by Gasteiger charge is -2.32. The molecular formula is C30H38N6O7. The molecule has 0 radical (unpaired) electrons. The maximum atomic E-state index is 12.9. The first-order valence-electron chi connectivity index (χ1n) is 14.3. The normalized spacial score (nSPS) is 13.6. The van der Waals surface area contributed by atoms with E-state index in [0.29, 0.717) is 55.0 Å². The Bertz CT molecular complexity index is 1450. The third kappa shape index (κ3) is 7.34. The van der Waals surface area contributed by atoms with Crippen LogP contribution in [0.5, 0.6) is 17.2 Å². The standard InChI is InChI=1S/C30H38N6O7/c1-5-32-29(40)28-34-33-27(23-16-22(18(2)3)24(37)17-25(23)38)36(28)19-6-8-20(9-7-19)43-21-10-13-35(14-11-21)26(39)12-15-42-30(41)31-4/h6-9,16-18,21,37-38H,5,10-15H2,1-4H3,(H,31,41)(H,32,40). The predicted molar refractivity (Wildman–Crippen MR) is 157 cm³/mol. The number of aromatic nitrogens is 3. The second kappa shape index (κ2) is 13.9. The molecule has 0 unspecified atom stereocenters. The summed E-state index contributed by atoms with van der Waals surface area (Å²) in [6.45, 7) is 7.14. The molecule has 4 rings (SSSR count). The summed E-state index contributed by atoms with van der Waals surface area (Å²) >= 11 is 0. The van der Waals surface area contributed by atoms with Crippen molar-refractivity contribution < 1.29 is 34.1 Å². The van der Waals surface area contributed by atoms with Gasteiger partial charge in [-0.05, 0) is 48.7 Å². The van der Waals surface area contributed by atoms with Gasteiger partial charge in [-0.2, -0.15) is 0 Å². The molecule has 3 amide bonds. The van der Waals surface area contributed by atoms with Crippen LogP contribution in [0.1, 0.15) is 62.1 Å². The SMILES string of the molecule is CCNC(=O)c1nnc(-c2cc(C(C)C)c(O)cc2O)n1-c1ccc(OC2CCN(C(=O)CCOC(=O)NC)CC2)cc1. The fourth-order valence-electron chi connectivity index (χ4n) is 4.88. The van der Waals surface area contributed by atoms with E-state index < -0.39 is 12.0 Å². The molecule has 4 N–H and O–H groups in total. The molecule has 0 saturated carbocycles. The number of nitrogens with zero attached hydrogens (tertiary/aromatic N) is 4. The van der Waals surface area contributed by atoms with Gasteiger partial charge in [0.05, 0.1) is 12.0 Å². The van der Waals surface area contributed by atoms with Crippen LogP contribution in [0.3, 0.4) is 0 Å². The van der Waals surface area contributed by atoms with E-state index in [1.165, 1.54) is 13.1 Å². The van der Waals surface area contributed by atoms with E-state index in [4.69, 9.17) is 9.47 Å². The van der Waals surface area contributed by atoms with Crippen molar-refractivity contribution >= 4 is 17.9 Å². The number of aromatic hydroxyl groups is 2. The molecule has 230 valence electrons. The van der Waals surface area contributed by atoms with Crippen molar-refractivity contribution in [2.75, 3.05) is 33.3 Å². The Balaban J connectivity index is 1.50. The lowest BCUT2D eigenvalue weighted by atomic mass is 9.98. The van der Waals surface area contributed by atoms with Crippen LogP contribution in [0.25, 0.3) is 17.1 Å². The molecule has 13 nitrogen and oxygen atoms in total. The Morgan fingerprint density at radius 2 is 1.74 bits per heavy atom. The molecule has 13 heteroatoms. The van der Waals surface area contributed by atoms with Gasteiger partial charge in [0.2, 0.25) is 11.7 Å². The van der Waals surface area contributed by atoms with E-state index in [1.54, 1.807) is 46.7 Å². The molecule has 0 bridgehead atoms. The van der Waals surface area contributed by atoms with Gasteiger partial charge >= 0.3 is 6.09 Å². The van der Waals surface area contributed by atoms with Crippen molar-refractivity contribution in [3.63, 3.8) is 0 Å². The van der Waals surface area contributed by atoms with Crippen molar-refractivity contribution in [2.45, 2.75) is 52.1 Å². The molecule has 0 spiro atoms. The second-order valence-electron chi connectivity index (χ2n) is 10.5. The van der Waals surface area contributed by atoms with E-state index in [-0.39, 0.29) is 54.1 Å². The highest BCUT2D eigenvalue weighted by atomic mass is 16.5. The van der Waals surface area contributed by atoms with Crippen LogP contribution in [0.4, 0.5) is 4.79 Å². The number of phenolic OH excluding ortho intramolecular Hbond substituents is 2. The highest BCUT2D eigenvalue weighted by Gasteiger charge is 2.26. The summed E-state index contributed by atoms with van der Waals surface area (Å²) in [6, 6.07) is 10.0. The summed E-state index contributed by atoms with van der Waals surface area (Å²) in [4.78, 5) is 38.2. The van der Waals surface area contributed by atoms with Crippen LogP contribution >= 0.6 is 0 Å². The van der Waals surface area contributed by atoms with Gasteiger partial charge in [0, 0.05) is 51.3 Å². The third-order valence-corrected chi connectivity index (χ3v) is 7.16. The summed E-state index contributed by atoms with van der Waals surface area (Å²) in [5.74, 6) is 0.165. The number of phenols is 2. The van der Waals surface area contributed by atoms with Gasteiger partial charge in [-0.1, -0.05) is 13.8 Å². The molecule has 2 aromatic carbocycles. The summed E-state index contributed by atoms with van der Waals surface area (Å²) < 4.78 is 12.6. The number of nitrogens with one attached hydrogen (secondary N) is 2. The number of carbonyl (C=O) groups excluding carboxylic acids is 3. The molecule has 2 heterocycles. The van der Waals surface area contributed by atoms with Crippen LogP contribution in [-0.4, -0.2) is 87.2 Å². The fourth-order valence-corrected chi connectivity index (χ4v) is 4.88. The number of carbonyl (C=O) groups is 3. The zero-order chi connectivity index (χ0) is 31.1. The van der Waals surface area contributed by atoms with E-state index in [0.717, 1.165) is 0 Å². The summed E-state index contributed by atoms with van der Waals surface area (Å²) in [6.07, 6.45) is 0.783. The van der Waals surface area contributed by atoms with Crippen LogP contribution < -0.4 is 15.4 Å². The molecule has 43 heavy (non-hydrogen) atoms. The number of piperidine rings is 1. The molecule has 0 aliphatic carbocycles. The Hall–Kier alpha value is -4.81. The molecule has 3 aromatic rings. The molecule has 1 aliphatic heterocycles. The second-order valence-corrected chi connectivity index (χ2v) is 10.5. The smallest absolute Gasteiger partial charge is 0.406 e. The number of likely N-dealkylation sites (tertiary alicyclic amines) is 1. The van der Waals surface area contributed by atoms with Crippen LogP contribution in [-0.2, 0) is 9.53 Å². The zero-order valence-corrected chi connectivity index (χ0v) is 24.8. The lowest BCUT2D eigenvalue weighted by molar-refractivity contribution is -0.133. The largest absolute Gasteiger partial charge is 0.508 e. The summed E-state index contributed by atoms with van der Waals surface area (Å²) in [5, 5.41) is 34.5. The monoisotopic (exact) mass is 594 g/mol. The minimum absolute atomic E-state index is 0.0250. The number of hydrogen-bond donors (Lipinski definition) is 4. The predicted octanol–water partition coefficient (Wildman–Crippen LogP) is 3.33. The van der Waals surface area contributed by atoms with E-state index in [9.17, 15) is 24.6 Å².